The second-order valence-electron chi connectivity index (χ2n) is 7.27. The first-order valence-electron chi connectivity index (χ1n) is 9.62. The number of ether oxygens (including phenoxy) is 1. The Labute approximate surface area is 178 Å². The maximum absolute atomic E-state index is 13.6. The molecule has 1 amide bonds. The molecular formula is C21H21FN2O4S2. The molecule has 6 nitrogen and oxygen atoms in total. The van der Waals surface area contributed by atoms with Gasteiger partial charge >= 0.3 is 0 Å². The second-order valence-corrected chi connectivity index (χ2v) is 10.3. The standard InChI is InChI=1S/C21H21FN2O4S2/c22-16-8-9-18-19(11-16)29-21(23-18)24(12-17-7-4-10-28-17)20(25)14-30(26,27)13-15-5-2-1-3-6-15/h1-3,5-6,8-9,11,17H,4,7,10,12-14H2. The first-order chi connectivity index (χ1) is 14.4. The third-order valence-electron chi connectivity index (χ3n) is 4.85. The van der Waals surface area contributed by atoms with E-state index in [9.17, 15) is 17.6 Å². The molecule has 1 aromatic heterocycles. The molecule has 158 valence electrons. The van der Waals surface area contributed by atoms with E-state index in [0.29, 0.717) is 27.5 Å². The summed E-state index contributed by atoms with van der Waals surface area (Å²) in [5.74, 6) is -1.78. The van der Waals surface area contributed by atoms with Gasteiger partial charge < -0.3 is 4.74 Å². The Kier molecular flexibility index (Phi) is 6.12. The SMILES string of the molecule is O=C(CS(=O)(=O)Cc1ccccc1)N(CC1CCCO1)c1nc2ccc(F)cc2s1. The predicted molar refractivity (Wildman–Crippen MR) is 115 cm³/mol. The second kappa shape index (κ2) is 8.79. The lowest BCUT2D eigenvalue weighted by molar-refractivity contribution is -0.116. The number of thiazole rings is 1. The average Bonchev–Trinajstić information content (AvgIpc) is 3.35. The van der Waals surface area contributed by atoms with E-state index in [0.717, 1.165) is 24.2 Å². The number of aromatic nitrogens is 1. The lowest BCUT2D eigenvalue weighted by atomic mass is 10.2. The van der Waals surface area contributed by atoms with Crippen LogP contribution in [0.1, 0.15) is 18.4 Å². The van der Waals surface area contributed by atoms with E-state index in [1.54, 1.807) is 36.4 Å². The predicted octanol–water partition coefficient (Wildman–Crippen LogP) is 3.56. The smallest absolute Gasteiger partial charge is 0.244 e. The van der Waals surface area contributed by atoms with Crippen molar-refractivity contribution in [1.82, 2.24) is 4.98 Å². The molecule has 0 saturated carbocycles. The zero-order valence-electron chi connectivity index (χ0n) is 16.2. The van der Waals surface area contributed by atoms with Crippen molar-refractivity contribution in [2.75, 3.05) is 23.8 Å². The summed E-state index contributed by atoms with van der Waals surface area (Å²) in [6.45, 7) is 0.839. The van der Waals surface area contributed by atoms with Gasteiger partial charge in [0.05, 0.1) is 28.6 Å². The minimum Gasteiger partial charge on any atom is -0.376 e. The van der Waals surface area contributed by atoms with E-state index in [1.165, 1.54) is 17.0 Å². The molecule has 0 N–H and O–H groups in total. The minimum absolute atomic E-state index is 0.172. The van der Waals surface area contributed by atoms with Gasteiger partial charge in [-0.1, -0.05) is 41.7 Å². The van der Waals surface area contributed by atoms with Crippen molar-refractivity contribution in [3.05, 3.63) is 59.9 Å². The van der Waals surface area contributed by atoms with Crippen LogP contribution in [-0.4, -0.2) is 44.3 Å². The number of sulfone groups is 1. The largest absolute Gasteiger partial charge is 0.376 e. The summed E-state index contributed by atoms with van der Waals surface area (Å²) in [5.41, 5.74) is 1.19. The number of amides is 1. The third-order valence-corrected chi connectivity index (χ3v) is 7.36. The number of carbonyl (C=O) groups excluding carboxylic acids is 1. The molecule has 1 aliphatic heterocycles. The number of hydrogen-bond donors (Lipinski definition) is 0. The van der Waals surface area contributed by atoms with Gasteiger partial charge in [-0.25, -0.2) is 17.8 Å². The highest BCUT2D eigenvalue weighted by Crippen LogP contribution is 2.30. The number of benzene rings is 2. The number of halogens is 1. The summed E-state index contributed by atoms with van der Waals surface area (Å²) in [7, 11) is -3.67. The van der Waals surface area contributed by atoms with Gasteiger partial charge in [-0.05, 0) is 36.6 Å². The fourth-order valence-electron chi connectivity index (χ4n) is 3.43. The molecule has 0 bridgehead atoms. The summed E-state index contributed by atoms with van der Waals surface area (Å²) >= 11 is 1.16. The molecule has 1 atom stereocenters. The van der Waals surface area contributed by atoms with Crippen molar-refractivity contribution >= 4 is 42.4 Å². The molecule has 0 spiro atoms. The molecule has 1 unspecified atom stereocenters. The Morgan fingerprint density at radius 3 is 2.77 bits per heavy atom. The van der Waals surface area contributed by atoms with Crippen molar-refractivity contribution in [3.63, 3.8) is 0 Å². The minimum atomic E-state index is -3.67. The number of hydrogen-bond acceptors (Lipinski definition) is 6. The van der Waals surface area contributed by atoms with Crippen LogP contribution in [0.2, 0.25) is 0 Å². The monoisotopic (exact) mass is 448 g/mol. The molecule has 0 aliphatic carbocycles. The van der Waals surface area contributed by atoms with Gasteiger partial charge in [0.15, 0.2) is 15.0 Å². The summed E-state index contributed by atoms with van der Waals surface area (Å²) < 4.78 is 45.1. The van der Waals surface area contributed by atoms with Gasteiger partial charge in [0, 0.05) is 6.61 Å². The van der Waals surface area contributed by atoms with Gasteiger partial charge in [0.25, 0.3) is 0 Å². The van der Waals surface area contributed by atoms with E-state index in [1.807, 2.05) is 0 Å². The first kappa shape index (κ1) is 20.9. The maximum Gasteiger partial charge on any atom is 0.244 e. The topological polar surface area (TPSA) is 76.6 Å². The number of carbonyl (C=O) groups is 1. The Morgan fingerprint density at radius 2 is 2.03 bits per heavy atom. The van der Waals surface area contributed by atoms with Crippen molar-refractivity contribution in [3.8, 4) is 0 Å². The Morgan fingerprint density at radius 1 is 1.23 bits per heavy atom. The third kappa shape index (κ3) is 5.03. The molecule has 0 radical (unpaired) electrons. The van der Waals surface area contributed by atoms with Crippen LogP contribution in [0.3, 0.4) is 0 Å². The van der Waals surface area contributed by atoms with E-state index in [4.69, 9.17) is 4.74 Å². The highest BCUT2D eigenvalue weighted by Gasteiger charge is 2.29. The Hall–Kier alpha value is -2.36. The normalized spacial score (nSPS) is 16.8. The summed E-state index contributed by atoms with van der Waals surface area (Å²) in [5, 5.41) is 0.353. The van der Waals surface area contributed by atoms with Crippen molar-refractivity contribution in [2.24, 2.45) is 0 Å². The lowest BCUT2D eigenvalue weighted by Crippen LogP contribution is -2.41. The highest BCUT2D eigenvalue weighted by atomic mass is 32.2. The fourth-order valence-corrected chi connectivity index (χ4v) is 5.78. The van der Waals surface area contributed by atoms with E-state index < -0.39 is 21.5 Å². The van der Waals surface area contributed by atoms with Crippen LogP contribution in [0.5, 0.6) is 0 Å². The quantitative estimate of drug-likeness (QED) is 0.552. The van der Waals surface area contributed by atoms with Gasteiger partial charge in [0.1, 0.15) is 11.6 Å². The van der Waals surface area contributed by atoms with Gasteiger partial charge in [0.2, 0.25) is 5.91 Å². The molecule has 1 fully saturated rings. The summed E-state index contributed by atoms with van der Waals surface area (Å²) in [4.78, 5) is 18.9. The van der Waals surface area contributed by atoms with Crippen LogP contribution in [-0.2, 0) is 25.1 Å². The fraction of sp³-hybridized carbons (Fsp3) is 0.333. The zero-order chi connectivity index (χ0) is 21.1. The lowest BCUT2D eigenvalue weighted by Gasteiger charge is -2.23. The Balaban J connectivity index is 1.58. The van der Waals surface area contributed by atoms with Crippen LogP contribution in [0.25, 0.3) is 10.2 Å². The van der Waals surface area contributed by atoms with Gasteiger partial charge in [-0.3, -0.25) is 9.69 Å². The molecular weight excluding hydrogens is 427 g/mol. The molecule has 3 aromatic rings. The molecule has 9 heteroatoms. The van der Waals surface area contributed by atoms with Crippen LogP contribution < -0.4 is 4.90 Å². The number of rotatable bonds is 7. The maximum atomic E-state index is 13.6. The van der Waals surface area contributed by atoms with E-state index in [2.05, 4.69) is 4.98 Å². The molecule has 2 heterocycles. The van der Waals surface area contributed by atoms with Crippen molar-refractivity contribution < 1.29 is 22.3 Å². The molecule has 30 heavy (non-hydrogen) atoms. The van der Waals surface area contributed by atoms with Gasteiger partial charge in [-0.15, -0.1) is 0 Å². The van der Waals surface area contributed by atoms with Crippen LogP contribution in [0, 0.1) is 5.82 Å². The number of anilines is 1. The van der Waals surface area contributed by atoms with Gasteiger partial charge in [-0.2, -0.15) is 0 Å². The highest BCUT2D eigenvalue weighted by molar-refractivity contribution is 7.91. The van der Waals surface area contributed by atoms with Crippen LogP contribution >= 0.6 is 11.3 Å². The van der Waals surface area contributed by atoms with Crippen LogP contribution in [0.15, 0.2) is 48.5 Å². The molecule has 4 rings (SSSR count). The molecule has 1 aliphatic rings. The van der Waals surface area contributed by atoms with E-state index >= 15 is 0 Å². The van der Waals surface area contributed by atoms with E-state index in [-0.39, 0.29) is 24.2 Å². The zero-order valence-corrected chi connectivity index (χ0v) is 17.8. The van der Waals surface area contributed by atoms with Crippen LogP contribution in [0.4, 0.5) is 9.52 Å². The number of fused-ring (bicyclic) bond motifs is 1. The molecule has 1 saturated heterocycles. The van der Waals surface area contributed by atoms with Crippen molar-refractivity contribution in [2.45, 2.75) is 24.7 Å². The molecule has 2 aromatic carbocycles. The first-order valence-corrected chi connectivity index (χ1v) is 12.3. The summed E-state index contributed by atoms with van der Waals surface area (Å²) in [6.07, 6.45) is 1.51. The summed E-state index contributed by atoms with van der Waals surface area (Å²) in [6, 6.07) is 13.0. The van der Waals surface area contributed by atoms with Crippen molar-refractivity contribution in [1.29, 1.82) is 0 Å². The average molecular weight is 449 g/mol. The Bertz CT molecular complexity index is 1140. The number of nitrogens with zero attached hydrogens (tertiary/aromatic N) is 2.